The van der Waals surface area contributed by atoms with Crippen molar-refractivity contribution in [2.45, 2.75) is 52.2 Å². The molecule has 0 unspecified atom stereocenters. The minimum absolute atomic E-state index is 0.268. The van der Waals surface area contributed by atoms with E-state index in [1.165, 1.54) is 11.6 Å². The molecule has 4 heteroatoms. The molecule has 0 saturated carbocycles. The van der Waals surface area contributed by atoms with Crippen molar-refractivity contribution in [2.24, 2.45) is 5.41 Å². The van der Waals surface area contributed by atoms with Gasteiger partial charge in [0.05, 0.1) is 12.6 Å². The molecule has 1 amide bonds. The van der Waals surface area contributed by atoms with Gasteiger partial charge in [0.25, 0.3) is 0 Å². The average molecular weight is 305 g/mol. The van der Waals surface area contributed by atoms with Gasteiger partial charge in [0.1, 0.15) is 0 Å². The van der Waals surface area contributed by atoms with E-state index in [2.05, 4.69) is 32.9 Å². The second kappa shape index (κ2) is 7.23. The fourth-order valence-corrected chi connectivity index (χ4v) is 3.76. The van der Waals surface area contributed by atoms with E-state index in [-0.39, 0.29) is 11.9 Å². The zero-order valence-electron chi connectivity index (χ0n) is 13.5. The van der Waals surface area contributed by atoms with Gasteiger partial charge in [-0.25, -0.2) is 0 Å². The highest BCUT2D eigenvalue weighted by Gasteiger charge is 2.30. The Balaban J connectivity index is 1.83. The maximum absolute atomic E-state index is 12.1. The number of likely N-dealkylation sites (tertiary alicyclic amines) is 1. The number of hydrogen-bond acceptors (Lipinski definition) is 2. The van der Waals surface area contributed by atoms with Crippen molar-refractivity contribution >= 4 is 15.7 Å². The number of amides is 1. The molecule has 1 saturated heterocycles. The van der Waals surface area contributed by atoms with Crippen molar-refractivity contribution in [3.05, 3.63) is 35.9 Å². The smallest absolute Gasteiger partial charge is 0.223 e. The summed E-state index contributed by atoms with van der Waals surface area (Å²) in [7, 11) is -0.475. The van der Waals surface area contributed by atoms with Gasteiger partial charge in [-0.05, 0) is 23.4 Å². The molecule has 2 rings (SSSR count). The second-order valence-corrected chi connectivity index (χ2v) is 8.40. The topological polar surface area (TPSA) is 29.5 Å². The van der Waals surface area contributed by atoms with Crippen LogP contribution in [0.5, 0.6) is 0 Å². The molecule has 116 valence electrons. The van der Waals surface area contributed by atoms with Crippen molar-refractivity contribution in [3.8, 4) is 0 Å². The lowest BCUT2D eigenvalue weighted by Crippen LogP contribution is -2.36. The predicted molar refractivity (Wildman–Crippen MR) is 88.8 cm³/mol. The number of benzene rings is 1. The van der Waals surface area contributed by atoms with Crippen molar-refractivity contribution in [2.75, 3.05) is 6.61 Å². The van der Waals surface area contributed by atoms with E-state index in [9.17, 15) is 4.79 Å². The Kier molecular flexibility index (Phi) is 5.59. The number of carbonyl (C=O) groups excluding carboxylic acids is 1. The molecule has 0 aliphatic carbocycles. The zero-order valence-corrected chi connectivity index (χ0v) is 14.9. The van der Waals surface area contributed by atoms with Crippen LogP contribution in [0.25, 0.3) is 0 Å². The van der Waals surface area contributed by atoms with Gasteiger partial charge in [0.2, 0.25) is 5.91 Å². The van der Waals surface area contributed by atoms with Gasteiger partial charge in [-0.1, -0.05) is 51.1 Å². The third-order valence-electron chi connectivity index (χ3n) is 3.95. The number of rotatable bonds is 6. The Morgan fingerprint density at radius 1 is 1.29 bits per heavy atom. The summed E-state index contributed by atoms with van der Waals surface area (Å²) in [5.41, 5.74) is 1.56. The molecule has 1 fully saturated rings. The van der Waals surface area contributed by atoms with Crippen LogP contribution in [-0.4, -0.2) is 33.2 Å². The van der Waals surface area contributed by atoms with Crippen LogP contribution < -0.4 is 0 Å². The van der Waals surface area contributed by atoms with Crippen molar-refractivity contribution in [1.29, 1.82) is 0 Å². The first-order chi connectivity index (χ1) is 9.96. The Labute approximate surface area is 130 Å². The highest BCUT2D eigenvalue weighted by molar-refractivity contribution is 6.27. The maximum atomic E-state index is 12.1. The van der Waals surface area contributed by atoms with Crippen LogP contribution in [0.4, 0.5) is 0 Å². The van der Waals surface area contributed by atoms with Crippen LogP contribution in [0.3, 0.4) is 0 Å². The Bertz CT molecular complexity index is 456. The molecule has 0 aromatic heterocycles. The Morgan fingerprint density at radius 3 is 2.67 bits per heavy atom. The summed E-state index contributed by atoms with van der Waals surface area (Å²) in [5.74, 6) is 0.268. The standard InChI is InChI=1S/C17H27NO2Si/c1-17(2,3)13-21-20-12-15-9-10-16(19)18(15)11-14-7-5-4-6-8-14/h4-8,15H,9-13,21H2,1-3H3/t15-/m0/s1. The molecule has 0 radical (unpaired) electrons. The monoisotopic (exact) mass is 305 g/mol. The molecule has 0 spiro atoms. The molecule has 1 heterocycles. The van der Waals surface area contributed by atoms with Gasteiger partial charge in [-0.15, -0.1) is 0 Å². The van der Waals surface area contributed by atoms with E-state index in [1.807, 2.05) is 23.1 Å². The SMILES string of the molecule is CC(C)(C)C[SiH2]OC[C@@H]1CCC(=O)N1Cc1ccccc1. The van der Waals surface area contributed by atoms with Crippen LogP contribution in [0.15, 0.2) is 30.3 Å². The molecular formula is C17H27NO2Si. The lowest BCUT2D eigenvalue weighted by atomic mass is 10.0. The van der Waals surface area contributed by atoms with E-state index in [0.717, 1.165) is 13.0 Å². The molecule has 1 aliphatic rings. The van der Waals surface area contributed by atoms with Crippen LogP contribution in [-0.2, 0) is 15.8 Å². The Hall–Kier alpha value is -1.13. The first kappa shape index (κ1) is 16.2. The third-order valence-corrected chi connectivity index (χ3v) is 6.18. The largest absolute Gasteiger partial charge is 0.422 e. The Morgan fingerprint density at radius 2 is 2.00 bits per heavy atom. The second-order valence-electron chi connectivity index (χ2n) is 7.09. The van der Waals surface area contributed by atoms with Gasteiger partial charge >= 0.3 is 0 Å². The number of nitrogens with zero attached hydrogens (tertiary/aromatic N) is 1. The van der Waals surface area contributed by atoms with E-state index >= 15 is 0 Å². The van der Waals surface area contributed by atoms with E-state index in [4.69, 9.17) is 4.43 Å². The fraction of sp³-hybridized carbons (Fsp3) is 0.588. The average Bonchev–Trinajstić information content (AvgIpc) is 2.76. The van der Waals surface area contributed by atoms with Gasteiger partial charge < -0.3 is 9.33 Å². The van der Waals surface area contributed by atoms with Crippen molar-refractivity contribution in [3.63, 3.8) is 0 Å². The first-order valence-electron chi connectivity index (χ1n) is 7.87. The van der Waals surface area contributed by atoms with Gasteiger partial charge in [-0.3, -0.25) is 4.79 Å². The van der Waals surface area contributed by atoms with Gasteiger partial charge in [0, 0.05) is 13.0 Å². The molecule has 3 nitrogen and oxygen atoms in total. The molecule has 0 bridgehead atoms. The van der Waals surface area contributed by atoms with Crippen LogP contribution >= 0.6 is 0 Å². The lowest BCUT2D eigenvalue weighted by Gasteiger charge is -2.26. The van der Waals surface area contributed by atoms with E-state index in [1.54, 1.807) is 0 Å². The van der Waals surface area contributed by atoms with Crippen LogP contribution in [0, 0.1) is 5.41 Å². The quantitative estimate of drug-likeness (QED) is 0.597. The number of hydrogen-bond donors (Lipinski definition) is 0. The minimum atomic E-state index is -0.475. The summed E-state index contributed by atoms with van der Waals surface area (Å²) < 4.78 is 5.95. The molecule has 1 aromatic rings. The third kappa shape index (κ3) is 5.29. The first-order valence-corrected chi connectivity index (χ1v) is 9.44. The summed E-state index contributed by atoms with van der Waals surface area (Å²) in [6.07, 6.45) is 1.61. The molecule has 21 heavy (non-hydrogen) atoms. The van der Waals surface area contributed by atoms with E-state index < -0.39 is 9.76 Å². The maximum Gasteiger partial charge on any atom is 0.223 e. The zero-order chi connectivity index (χ0) is 15.3. The summed E-state index contributed by atoms with van der Waals surface area (Å²) in [5, 5.41) is 0. The summed E-state index contributed by atoms with van der Waals surface area (Å²) >= 11 is 0. The van der Waals surface area contributed by atoms with Gasteiger partial charge in [0.15, 0.2) is 9.76 Å². The van der Waals surface area contributed by atoms with Crippen molar-refractivity contribution in [1.82, 2.24) is 4.90 Å². The van der Waals surface area contributed by atoms with E-state index in [0.29, 0.717) is 18.4 Å². The summed E-state index contributed by atoms with van der Waals surface area (Å²) in [4.78, 5) is 14.1. The fourth-order valence-electron chi connectivity index (χ4n) is 2.56. The molecule has 1 aromatic carbocycles. The molecule has 1 atom stereocenters. The normalized spacial score (nSPS) is 19.9. The minimum Gasteiger partial charge on any atom is -0.422 e. The highest BCUT2D eigenvalue weighted by Crippen LogP contribution is 2.22. The number of carbonyl (C=O) groups is 1. The summed E-state index contributed by atoms with van der Waals surface area (Å²) in [6, 6.07) is 11.7. The molecule has 0 N–H and O–H groups in total. The molecular weight excluding hydrogens is 278 g/mol. The van der Waals surface area contributed by atoms with Gasteiger partial charge in [-0.2, -0.15) is 0 Å². The van der Waals surface area contributed by atoms with Crippen LogP contribution in [0.2, 0.25) is 6.04 Å². The predicted octanol–water partition coefficient (Wildman–Crippen LogP) is 2.74. The molecule has 1 aliphatic heterocycles. The lowest BCUT2D eigenvalue weighted by molar-refractivity contribution is -0.129. The summed E-state index contributed by atoms with van der Waals surface area (Å²) in [6.45, 7) is 8.20. The van der Waals surface area contributed by atoms with Crippen molar-refractivity contribution < 1.29 is 9.22 Å². The van der Waals surface area contributed by atoms with Crippen LogP contribution in [0.1, 0.15) is 39.2 Å². The highest BCUT2D eigenvalue weighted by atomic mass is 28.2.